The van der Waals surface area contributed by atoms with E-state index in [2.05, 4.69) is 0 Å². The first-order valence-electron chi connectivity index (χ1n) is 5.93. The van der Waals surface area contributed by atoms with Crippen LogP contribution in [0.5, 0.6) is 0 Å². The molecule has 0 heterocycles. The Morgan fingerprint density at radius 1 is 1.05 bits per heavy atom. The highest BCUT2D eigenvalue weighted by Gasteiger charge is 2.31. The molecule has 0 fully saturated rings. The predicted molar refractivity (Wildman–Crippen MR) is 81.2 cm³/mol. The molecule has 0 bridgehead atoms. The Balaban J connectivity index is 2.38. The fraction of sp³-hybridized carbons (Fsp3) is 0.200. The van der Waals surface area contributed by atoms with Crippen LogP contribution in [0.25, 0.3) is 0 Å². The average molecular weight is 334 g/mol. The topological polar surface area (TPSA) is 20.2 Å². The minimum absolute atomic E-state index is 0.122. The van der Waals surface area contributed by atoms with E-state index in [0.717, 1.165) is 11.6 Å². The van der Waals surface area contributed by atoms with Gasteiger partial charge in [0, 0.05) is 22.0 Å². The third-order valence-corrected chi connectivity index (χ3v) is 3.95. The SMILES string of the molecule is OC(CCl)(Cc1cccc(Cl)c1)c1ccc(Cl)cc1F. The first kappa shape index (κ1) is 15.6. The number of benzene rings is 2. The molecule has 0 aromatic heterocycles. The summed E-state index contributed by atoms with van der Waals surface area (Å²) in [6.07, 6.45) is 0.162. The van der Waals surface area contributed by atoms with Gasteiger partial charge in [0.2, 0.25) is 0 Å². The summed E-state index contributed by atoms with van der Waals surface area (Å²) in [5, 5.41) is 11.5. The lowest BCUT2D eigenvalue weighted by Crippen LogP contribution is -2.31. The Kier molecular flexibility index (Phi) is 4.92. The molecule has 1 unspecified atom stereocenters. The zero-order valence-electron chi connectivity index (χ0n) is 10.4. The normalized spacial score (nSPS) is 14.1. The first-order valence-corrected chi connectivity index (χ1v) is 7.22. The standard InChI is InChI=1S/C15H12Cl3FO/c16-9-15(20,8-10-2-1-3-11(17)6-10)13-5-4-12(18)7-14(13)19/h1-7,20H,8-9H2. The van der Waals surface area contributed by atoms with Crippen molar-refractivity contribution in [2.75, 3.05) is 5.88 Å². The van der Waals surface area contributed by atoms with Crippen molar-refractivity contribution >= 4 is 34.8 Å². The highest BCUT2D eigenvalue weighted by molar-refractivity contribution is 6.30. The van der Waals surface area contributed by atoms with Crippen molar-refractivity contribution in [3.8, 4) is 0 Å². The maximum Gasteiger partial charge on any atom is 0.130 e. The second kappa shape index (κ2) is 6.31. The van der Waals surface area contributed by atoms with E-state index in [0.29, 0.717) is 5.02 Å². The summed E-state index contributed by atoms with van der Waals surface area (Å²) >= 11 is 17.5. The van der Waals surface area contributed by atoms with E-state index >= 15 is 0 Å². The molecule has 0 aliphatic carbocycles. The molecule has 1 atom stereocenters. The summed E-state index contributed by atoms with van der Waals surface area (Å²) in [5.74, 6) is -0.722. The summed E-state index contributed by atoms with van der Waals surface area (Å²) in [7, 11) is 0. The van der Waals surface area contributed by atoms with Crippen molar-refractivity contribution in [1.29, 1.82) is 0 Å². The summed E-state index contributed by atoms with van der Waals surface area (Å²) < 4.78 is 14.0. The lowest BCUT2D eigenvalue weighted by Gasteiger charge is -2.27. The molecule has 0 aliphatic rings. The Labute approximate surface area is 131 Å². The van der Waals surface area contributed by atoms with E-state index in [1.54, 1.807) is 24.3 Å². The highest BCUT2D eigenvalue weighted by Crippen LogP contribution is 2.31. The fourth-order valence-corrected chi connectivity index (χ4v) is 2.68. The third kappa shape index (κ3) is 3.44. The maximum absolute atomic E-state index is 14.0. The number of rotatable bonds is 4. The van der Waals surface area contributed by atoms with Gasteiger partial charge >= 0.3 is 0 Å². The van der Waals surface area contributed by atoms with E-state index < -0.39 is 11.4 Å². The van der Waals surface area contributed by atoms with Crippen LogP contribution in [0.1, 0.15) is 11.1 Å². The molecule has 106 valence electrons. The average Bonchev–Trinajstić information content (AvgIpc) is 2.38. The van der Waals surface area contributed by atoms with Crippen LogP contribution in [-0.2, 0) is 12.0 Å². The Morgan fingerprint density at radius 3 is 2.35 bits per heavy atom. The monoisotopic (exact) mass is 332 g/mol. The molecule has 0 amide bonds. The van der Waals surface area contributed by atoms with Crippen LogP contribution in [0, 0.1) is 5.82 Å². The first-order chi connectivity index (χ1) is 9.44. The minimum atomic E-state index is -1.51. The van der Waals surface area contributed by atoms with Gasteiger partial charge in [-0.2, -0.15) is 0 Å². The molecule has 0 saturated heterocycles. The van der Waals surface area contributed by atoms with Gasteiger partial charge in [0.1, 0.15) is 11.4 Å². The smallest absolute Gasteiger partial charge is 0.130 e. The number of hydrogen-bond acceptors (Lipinski definition) is 1. The summed E-state index contributed by atoms with van der Waals surface area (Å²) in [6, 6.07) is 11.1. The minimum Gasteiger partial charge on any atom is -0.383 e. The van der Waals surface area contributed by atoms with Gasteiger partial charge in [0.05, 0.1) is 5.88 Å². The molecule has 0 aliphatic heterocycles. The van der Waals surface area contributed by atoms with Gasteiger partial charge in [-0.05, 0) is 29.8 Å². The molecular formula is C15H12Cl3FO. The number of aliphatic hydroxyl groups is 1. The van der Waals surface area contributed by atoms with Crippen LogP contribution >= 0.6 is 34.8 Å². The van der Waals surface area contributed by atoms with Crippen LogP contribution in [0.3, 0.4) is 0 Å². The van der Waals surface area contributed by atoms with Crippen molar-refractivity contribution in [3.05, 3.63) is 69.5 Å². The molecule has 2 rings (SSSR count). The Morgan fingerprint density at radius 2 is 1.75 bits per heavy atom. The summed E-state index contributed by atoms with van der Waals surface area (Å²) in [4.78, 5) is 0. The van der Waals surface area contributed by atoms with Gasteiger partial charge in [0.25, 0.3) is 0 Å². The van der Waals surface area contributed by atoms with E-state index in [-0.39, 0.29) is 22.9 Å². The van der Waals surface area contributed by atoms with Gasteiger partial charge in [-0.3, -0.25) is 0 Å². The van der Waals surface area contributed by atoms with Crippen molar-refractivity contribution in [2.24, 2.45) is 0 Å². The van der Waals surface area contributed by atoms with Crippen molar-refractivity contribution in [1.82, 2.24) is 0 Å². The van der Waals surface area contributed by atoms with Gasteiger partial charge in [-0.1, -0.05) is 41.4 Å². The molecule has 2 aromatic rings. The van der Waals surface area contributed by atoms with E-state index in [4.69, 9.17) is 34.8 Å². The number of alkyl halides is 1. The van der Waals surface area contributed by atoms with Gasteiger partial charge < -0.3 is 5.11 Å². The van der Waals surface area contributed by atoms with Crippen LogP contribution in [0.15, 0.2) is 42.5 Å². The maximum atomic E-state index is 14.0. The molecule has 20 heavy (non-hydrogen) atoms. The number of halogens is 4. The van der Waals surface area contributed by atoms with E-state index in [1.165, 1.54) is 12.1 Å². The largest absolute Gasteiger partial charge is 0.383 e. The molecule has 0 spiro atoms. The van der Waals surface area contributed by atoms with Gasteiger partial charge in [-0.15, -0.1) is 11.6 Å². The highest BCUT2D eigenvalue weighted by atomic mass is 35.5. The Hall–Kier alpha value is -0.800. The second-order valence-electron chi connectivity index (χ2n) is 4.60. The van der Waals surface area contributed by atoms with Crippen molar-refractivity contribution in [2.45, 2.75) is 12.0 Å². The number of hydrogen-bond donors (Lipinski definition) is 1. The predicted octanol–water partition coefficient (Wildman–Crippen LogP) is 4.80. The van der Waals surface area contributed by atoms with Crippen LogP contribution < -0.4 is 0 Å². The molecule has 1 nitrogen and oxygen atoms in total. The zero-order valence-corrected chi connectivity index (χ0v) is 12.7. The van der Waals surface area contributed by atoms with Gasteiger partial charge in [0.15, 0.2) is 0 Å². The van der Waals surface area contributed by atoms with Crippen molar-refractivity contribution in [3.63, 3.8) is 0 Å². The van der Waals surface area contributed by atoms with Crippen LogP contribution in [-0.4, -0.2) is 11.0 Å². The van der Waals surface area contributed by atoms with Gasteiger partial charge in [-0.25, -0.2) is 4.39 Å². The molecule has 5 heteroatoms. The molecule has 0 saturated carbocycles. The van der Waals surface area contributed by atoms with Crippen LogP contribution in [0.4, 0.5) is 4.39 Å². The summed E-state index contributed by atoms with van der Waals surface area (Å²) in [5.41, 5.74) is -0.618. The molecule has 2 aromatic carbocycles. The molecule has 0 radical (unpaired) electrons. The third-order valence-electron chi connectivity index (χ3n) is 3.04. The van der Waals surface area contributed by atoms with Crippen molar-refractivity contribution < 1.29 is 9.50 Å². The zero-order chi connectivity index (χ0) is 14.8. The summed E-state index contributed by atoms with van der Waals surface area (Å²) in [6.45, 7) is 0. The Bertz CT molecular complexity index is 618. The lowest BCUT2D eigenvalue weighted by atomic mass is 9.88. The molecular weight excluding hydrogens is 322 g/mol. The quantitative estimate of drug-likeness (QED) is 0.797. The lowest BCUT2D eigenvalue weighted by molar-refractivity contribution is 0.0576. The molecule has 1 N–H and O–H groups in total. The van der Waals surface area contributed by atoms with E-state index in [9.17, 15) is 9.50 Å². The second-order valence-corrected chi connectivity index (χ2v) is 5.74. The fourth-order valence-electron chi connectivity index (χ4n) is 2.07. The van der Waals surface area contributed by atoms with Crippen LogP contribution in [0.2, 0.25) is 10.0 Å². The van der Waals surface area contributed by atoms with E-state index in [1.807, 2.05) is 0 Å².